The van der Waals surface area contributed by atoms with Crippen molar-refractivity contribution in [3.05, 3.63) is 77.1 Å². The summed E-state index contributed by atoms with van der Waals surface area (Å²) in [6.45, 7) is 4.07. The molecule has 2 amide bonds. The van der Waals surface area contributed by atoms with Gasteiger partial charge in [0, 0.05) is 36.4 Å². The van der Waals surface area contributed by atoms with Gasteiger partial charge >= 0.3 is 0 Å². The van der Waals surface area contributed by atoms with E-state index in [-0.39, 0.29) is 36.3 Å². The summed E-state index contributed by atoms with van der Waals surface area (Å²) >= 11 is 0. The molecule has 8 heteroatoms. The van der Waals surface area contributed by atoms with E-state index in [4.69, 9.17) is 0 Å². The van der Waals surface area contributed by atoms with Gasteiger partial charge in [0.15, 0.2) is 5.69 Å². The molecule has 7 nitrogen and oxygen atoms in total. The summed E-state index contributed by atoms with van der Waals surface area (Å²) in [6.07, 6.45) is 1.41. The van der Waals surface area contributed by atoms with Gasteiger partial charge in [-0.1, -0.05) is 0 Å². The molecular weight excluding hydrogens is 375 g/mol. The van der Waals surface area contributed by atoms with Crippen LogP contribution in [0.25, 0.3) is 5.69 Å². The monoisotopic (exact) mass is 396 g/mol. The standard InChI is InChI=1S/C21H21FN4O3/c1-13-12-17(14(2)26(13)16-7-5-15(22)6-8-16)20(28)24-10-11-25-21(29)19-18(27)4-3-9-23-19/h3-9,12,27H,10-11H2,1-2H3,(H,24,28)(H,25,29). The molecule has 0 bridgehead atoms. The van der Waals surface area contributed by atoms with Crippen LogP contribution in [0, 0.1) is 19.7 Å². The molecule has 0 aliphatic rings. The van der Waals surface area contributed by atoms with Gasteiger partial charge in [-0.05, 0) is 56.3 Å². The predicted octanol–water partition coefficient (Wildman–Crippen LogP) is 2.49. The van der Waals surface area contributed by atoms with Gasteiger partial charge in [-0.3, -0.25) is 9.59 Å². The summed E-state index contributed by atoms with van der Waals surface area (Å²) < 4.78 is 15.1. The van der Waals surface area contributed by atoms with Gasteiger partial charge in [0.2, 0.25) is 0 Å². The zero-order valence-electron chi connectivity index (χ0n) is 16.1. The number of nitrogens with zero attached hydrogens (tertiary/aromatic N) is 2. The van der Waals surface area contributed by atoms with Gasteiger partial charge < -0.3 is 20.3 Å². The number of halogens is 1. The number of pyridine rings is 1. The van der Waals surface area contributed by atoms with Crippen molar-refractivity contribution < 1.29 is 19.1 Å². The third kappa shape index (κ3) is 4.43. The number of rotatable bonds is 6. The summed E-state index contributed by atoms with van der Waals surface area (Å²) in [5.41, 5.74) is 2.78. The second kappa shape index (κ2) is 8.55. The van der Waals surface area contributed by atoms with E-state index in [2.05, 4.69) is 15.6 Å². The fraction of sp³-hybridized carbons (Fsp3) is 0.190. The quantitative estimate of drug-likeness (QED) is 0.558. The molecule has 0 aliphatic heterocycles. The average Bonchev–Trinajstić information content (AvgIpc) is 3.00. The molecule has 0 radical (unpaired) electrons. The Kier molecular flexibility index (Phi) is 5.92. The first-order valence-electron chi connectivity index (χ1n) is 9.03. The highest BCUT2D eigenvalue weighted by Gasteiger charge is 2.17. The van der Waals surface area contributed by atoms with Crippen molar-refractivity contribution in [1.29, 1.82) is 0 Å². The van der Waals surface area contributed by atoms with Gasteiger partial charge in [0.05, 0.1) is 5.56 Å². The molecule has 0 spiro atoms. The minimum absolute atomic E-state index is 0.0679. The Bertz CT molecular complexity index is 1040. The van der Waals surface area contributed by atoms with E-state index in [1.807, 2.05) is 18.4 Å². The summed E-state index contributed by atoms with van der Waals surface area (Å²) in [5, 5.41) is 15.0. The molecule has 0 atom stereocenters. The highest BCUT2D eigenvalue weighted by atomic mass is 19.1. The second-order valence-corrected chi connectivity index (χ2v) is 6.48. The molecule has 0 saturated carbocycles. The molecule has 3 N–H and O–H groups in total. The second-order valence-electron chi connectivity index (χ2n) is 6.48. The van der Waals surface area contributed by atoms with Crippen molar-refractivity contribution in [1.82, 2.24) is 20.2 Å². The molecule has 3 rings (SSSR count). The third-order valence-electron chi connectivity index (χ3n) is 4.46. The van der Waals surface area contributed by atoms with Crippen LogP contribution in [0.1, 0.15) is 32.2 Å². The fourth-order valence-electron chi connectivity index (χ4n) is 3.08. The van der Waals surface area contributed by atoms with Crippen LogP contribution in [0.5, 0.6) is 5.75 Å². The van der Waals surface area contributed by atoms with E-state index >= 15 is 0 Å². The molecule has 0 aliphatic carbocycles. The van der Waals surface area contributed by atoms with E-state index in [0.717, 1.165) is 17.1 Å². The number of carbonyl (C=O) groups excluding carboxylic acids is 2. The molecular formula is C21H21FN4O3. The molecule has 0 saturated heterocycles. The van der Waals surface area contributed by atoms with Crippen LogP contribution < -0.4 is 10.6 Å². The number of carbonyl (C=O) groups is 2. The van der Waals surface area contributed by atoms with E-state index in [0.29, 0.717) is 5.56 Å². The van der Waals surface area contributed by atoms with Crippen molar-refractivity contribution in [3.8, 4) is 11.4 Å². The molecule has 2 aromatic heterocycles. The summed E-state index contributed by atoms with van der Waals surface area (Å²) in [7, 11) is 0. The van der Waals surface area contributed by atoms with Crippen molar-refractivity contribution in [2.24, 2.45) is 0 Å². The van der Waals surface area contributed by atoms with E-state index < -0.39 is 5.91 Å². The Labute approximate surface area is 167 Å². The van der Waals surface area contributed by atoms with Crippen molar-refractivity contribution in [2.45, 2.75) is 13.8 Å². The Morgan fingerprint density at radius 2 is 1.72 bits per heavy atom. The van der Waals surface area contributed by atoms with Crippen LogP contribution in [-0.2, 0) is 0 Å². The lowest BCUT2D eigenvalue weighted by atomic mass is 10.2. The minimum Gasteiger partial charge on any atom is -0.505 e. The van der Waals surface area contributed by atoms with Crippen molar-refractivity contribution >= 4 is 11.8 Å². The summed E-state index contributed by atoms with van der Waals surface area (Å²) in [4.78, 5) is 28.3. The lowest BCUT2D eigenvalue weighted by Crippen LogP contribution is -2.35. The molecule has 0 fully saturated rings. The summed E-state index contributed by atoms with van der Waals surface area (Å²) in [5.74, 6) is -1.33. The van der Waals surface area contributed by atoms with Gasteiger partial charge in [0.25, 0.3) is 11.8 Å². The SMILES string of the molecule is Cc1cc(C(=O)NCCNC(=O)c2ncccc2O)c(C)n1-c1ccc(F)cc1. The Balaban J connectivity index is 1.60. The first-order chi connectivity index (χ1) is 13.9. The van der Waals surface area contributed by atoms with E-state index in [1.165, 1.54) is 30.5 Å². The summed E-state index contributed by atoms with van der Waals surface area (Å²) in [6, 6.07) is 10.7. The molecule has 1 aromatic carbocycles. The lowest BCUT2D eigenvalue weighted by Gasteiger charge is -2.10. The van der Waals surface area contributed by atoms with Crippen LogP contribution >= 0.6 is 0 Å². The zero-order valence-corrected chi connectivity index (χ0v) is 16.1. The van der Waals surface area contributed by atoms with Crippen LogP contribution in [0.2, 0.25) is 0 Å². The van der Waals surface area contributed by atoms with Gasteiger partial charge in [0.1, 0.15) is 11.6 Å². The number of nitrogens with one attached hydrogen (secondary N) is 2. The first-order valence-corrected chi connectivity index (χ1v) is 9.03. The van der Waals surface area contributed by atoms with Crippen molar-refractivity contribution in [3.63, 3.8) is 0 Å². The van der Waals surface area contributed by atoms with Gasteiger partial charge in [-0.15, -0.1) is 0 Å². The Morgan fingerprint density at radius 1 is 1.07 bits per heavy atom. The first kappa shape index (κ1) is 20.1. The molecule has 29 heavy (non-hydrogen) atoms. The number of aryl methyl sites for hydroxylation is 1. The molecule has 2 heterocycles. The average molecular weight is 396 g/mol. The predicted molar refractivity (Wildman–Crippen MR) is 106 cm³/mol. The normalized spacial score (nSPS) is 10.6. The number of amides is 2. The lowest BCUT2D eigenvalue weighted by molar-refractivity contribution is 0.0923. The maximum Gasteiger partial charge on any atom is 0.273 e. The molecule has 3 aromatic rings. The largest absolute Gasteiger partial charge is 0.505 e. The smallest absolute Gasteiger partial charge is 0.273 e. The van der Waals surface area contributed by atoms with Crippen LogP contribution in [0.4, 0.5) is 4.39 Å². The third-order valence-corrected chi connectivity index (χ3v) is 4.46. The number of hydrogen-bond donors (Lipinski definition) is 3. The minimum atomic E-state index is -0.521. The van der Waals surface area contributed by atoms with Crippen molar-refractivity contribution in [2.75, 3.05) is 13.1 Å². The van der Waals surface area contributed by atoms with E-state index in [1.54, 1.807) is 18.2 Å². The Hall–Kier alpha value is -3.68. The van der Waals surface area contributed by atoms with E-state index in [9.17, 15) is 19.1 Å². The van der Waals surface area contributed by atoms with Crippen LogP contribution in [0.3, 0.4) is 0 Å². The van der Waals surface area contributed by atoms with Gasteiger partial charge in [-0.25, -0.2) is 9.37 Å². The van der Waals surface area contributed by atoms with Crippen LogP contribution in [0.15, 0.2) is 48.7 Å². The van der Waals surface area contributed by atoms with Crippen LogP contribution in [-0.4, -0.2) is 39.6 Å². The number of hydrogen-bond acceptors (Lipinski definition) is 4. The highest BCUT2D eigenvalue weighted by Crippen LogP contribution is 2.21. The maximum absolute atomic E-state index is 13.2. The molecule has 150 valence electrons. The number of aromatic nitrogens is 2. The number of aromatic hydroxyl groups is 1. The highest BCUT2D eigenvalue weighted by molar-refractivity contribution is 5.96. The maximum atomic E-state index is 13.2. The number of benzene rings is 1. The Morgan fingerprint density at radius 3 is 2.38 bits per heavy atom. The molecule has 0 unspecified atom stereocenters. The zero-order chi connectivity index (χ0) is 21.0. The van der Waals surface area contributed by atoms with Gasteiger partial charge in [-0.2, -0.15) is 0 Å². The topological polar surface area (TPSA) is 96.2 Å². The fourth-order valence-corrected chi connectivity index (χ4v) is 3.08.